The van der Waals surface area contributed by atoms with Gasteiger partial charge in [0.15, 0.2) is 0 Å². The predicted octanol–water partition coefficient (Wildman–Crippen LogP) is 2.83. The molecule has 2 rings (SSSR count). The largest absolute Gasteiger partial charge is 0.497 e. The molecule has 19 heavy (non-hydrogen) atoms. The first-order valence-corrected chi connectivity index (χ1v) is 7.28. The van der Waals surface area contributed by atoms with Crippen LogP contribution >= 0.6 is 0 Å². The SMILES string of the molecule is COc1ccc([C@H](C)NCC2CCCCN2C)cc1. The summed E-state index contributed by atoms with van der Waals surface area (Å²) < 4.78 is 5.19. The van der Waals surface area contributed by atoms with Gasteiger partial charge in [-0.05, 0) is 51.1 Å². The van der Waals surface area contributed by atoms with Crippen molar-refractivity contribution >= 4 is 0 Å². The third-order valence-corrected chi connectivity index (χ3v) is 4.20. The van der Waals surface area contributed by atoms with Gasteiger partial charge in [-0.3, -0.25) is 0 Å². The van der Waals surface area contributed by atoms with Gasteiger partial charge in [-0.15, -0.1) is 0 Å². The van der Waals surface area contributed by atoms with Gasteiger partial charge in [0.05, 0.1) is 7.11 Å². The average Bonchev–Trinajstić information content (AvgIpc) is 2.46. The maximum absolute atomic E-state index is 5.19. The molecule has 1 aromatic rings. The molecule has 0 amide bonds. The van der Waals surface area contributed by atoms with Crippen molar-refractivity contribution in [2.24, 2.45) is 0 Å². The van der Waals surface area contributed by atoms with Gasteiger partial charge >= 0.3 is 0 Å². The minimum absolute atomic E-state index is 0.390. The van der Waals surface area contributed by atoms with Gasteiger partial charge in [-0.25, -0.2) is 0 Å². The topological polar surface area (TPSA) is 24.5 Å². The van der Waals surface area contributed by atoms with Gasteiger partial charge in [0.25, 0.3) is 0 Å². The van der Waals surface area contributed by atoms with Crippen molar-refractivity contribution in [2.45, 2.75) is 38.3 Å². The van der Waals surface area contributed by atoms with Crippen LogP contribution in [-0.2, 0) is 0 Å². The first-order valence-electron chi connectivity index (χ1n) is 7.28. The normalized spacial score (nSPS) is 22.2. The maximum atomic E-state index is 5.19. The zero-order valence-corrected chi connectivity index (χ0v) is 12.4. The number of ether oxygens (including phenoxy) is 1. The Hall–Kier alpha value is -1.06. The van der Waals surface area contributed by atoms with E-state index in [1.54, 1.807) is 7.11 Å². The monoisotopic (exact) mass is 262 g/mol. The van der Waals surface area contributed by atoms with Gasteiger partial charge in [-0.2, -0.15) is 0 Å². The van der Waals surface area contributed by atoms with E-state index < -0.39 is 0 Å². The molecular weight excluding hydrogens is 236 g/mol. The molecule has 1 N–H and O–H groups in total. The van der Waals surface area contributed by atoms with E-state index in [4.69, 9.17) is 4.74 Å². The van der Waals surface area contributed by atoms with Crippen molar-refractivity contribution in [1.29, 1.82) is 0 Å². The maximum Gasteiger partial charge on any atom is 0.118 e. The fourth-order valence-corrected chi connectivity index (χ4v) is 2.73. The quantitative estimate of drug-likeness (QED) is 0.883. The molecule has 106 valence electrons. The van der Waals surface area contributed by atoms with Crippen LogP contribution in [0.25, 0.3) is 0 Å². The summed E-state index contributed by atoms with van der Waals surface area (Å²) >= 11 is 0. The lowest BCUT2D eigenvalue weighted by atomic mass is 10.0. The van der Waals surface area contributed by atoms with E-state index in [2.05, 4.69) is 36.3 Å². The second-order valence-electron chi connectivity index (χ2n) is 5.53. The zero-order chi connectivity index (χ0) is 13.7. The highest BCUT2D eigenvalue weighted by atomic mass is 16.5. The second kappa shape index (κ2) is 6.92. The van der Waals surface area contributed by atoms with Crippen LogP contribution in [0, 0.1) is 0 Å². The van der Waals surface area contributed by atoms with Crippen LogP contribution in [0.2, 0.25) is 0 Å². The summed E-state index contributed by atoms with van der Waals surface area (Å²) in [5.74, 6) is 0.919. The van der Waals surface area contributed by atoms with Crippen molar-refractivity contribution in [1.82, 2.24) is 10.2 Å². The summed E-state index contributed by atoms with van der Waals surface area (Å²) in [5, 5.41) is 3.65. The molecule has 1 aliphatic heterocycles. The van der Waals surface area contributed by atoms with E-state index >= 15 is 0 Å². The molecule has 1 heterocycles. The Morgan fingerprint density at radius 2 is 2.05 bits per heavy atom. The zero-order valence-electron chi connectivity index (χ0n) is 12.4. The summed E-state index contributed by atoms with van der Waals surface area (Å²) in [4.78, 5) is 2.48. The predicted molar refractivity (Wildman–Crippen MR) is 79.7 cm³/mol. The molecule has 2 atom stereocenters. The molecule has 0 aromatic heterocycles. The van der Waals surface area contributed by atoms with Gasteiger partial charge in [-0.1, -0.05) is 18.6 Å². The highest BCUT2D eigenvalue weighted by molar-refractivity contribution is 5.28. The standard InChI is InChI=1S/C16H26N2O/c1-13(14-7-9-16(19-3)10-8-14)17-12-15-6-4-5-11-18(15)2/h7-10,13,15,17H,4-6,11-12H2,1-3H3/t13-,15?/m0/s1. The van der Waals surface area contributed by atoms with Gasteiger partial charge in [0, 0.05) is 18.6 Å². The third kappa shape index (κ3) is 3.95. The third-order valence-electron chi connectivity index (χ3n) is 4.20. The lowest BCUT2D eigenvalue weighted by Crippen LogP contribution is -2.43. The van der Waals surface area contributed by atoms with Crippen LogP contribution < -0.4 is 10.1 Å². The molecule has 3 nitrogen and oxygen atoms in total. The number of benzene rings is 1. The smallest absolute Gasteiger partial charge is 0.118 e. The molecule has 1 saturated heterocycles. The Morgan fingerprint density at radius 1 is 1.32 bits per heavy atom. The molecule has 0 bridgehead atoms. The first-order chi connectivity index (χ1) is 9.20. The van der Waals surface area contributed by atoms with Crippen molar-refractivity contribution in [2.75, 3.05) is 27.2 Å². The van der Waals surface area contributed by atoms with E-state index in [0.29, 0.717) is 12.1 Å². The lowest BCUT2D eigenvalue weighted by molar-refractivity contribution is 0.178. The fourth-order valence-electron chi connectivity index (χ4n) is 2.73. The molecule has 1 aliphatic rings. The number of piperidine rings is 1. The molecular formula is C16H26N2O. The number of likely N-dealkylation sites (tertiary alicyclic amines) is 1. The van der Waals surface area contributed by atoms with Crippen molar-refractivity contribution in [3.63, 3.8) is 0 Å². The van der Waals surface area contributed by atoms with Crippen LogP contribution in [0.3, 0.4) is 0 Å². The highest BCUT2D eigenvalue weighted by Gasteiger charge is 2.19. The Balaban J connectivity index is 1.84. The van der Waals surface area contributed by atoms with E-state index in [0.717, 1.165) is 12.3 Å². The number of nitrogens with zero attached hydrogens (tertiary/aromatic N) is 1. The van der Waals surface area contributed by atoms with E-state index in [-0.39, 0.29) is 0 Å². The summed E-state index contributed by atoms with van der Waals surface area (Å²) in [7, 11) is 3.94. The summed E-state index contributed by atoms with van der Waals surface area (Å²) in [6.07, 6.45) is 4.04. The number of rotatable bonds is 5. The van der Waals surface area contributed by atoms with Crippen molar-refractivity contribution in [3.8, 4) is 5.75 Å². The fraction of sp³-hybridized carbons (Fsp3) is 0.625. The van der Waals surface area contributed by atoms with Crippen LogP contribution in [0.5, 0.6) is 5.75 Å². The molecule has 0 aliphatic carbocycles. The summed E-state index contributed by atoms with van der Waals surface area (Å²) in [5.41, 5.74) is 1.32. The van der Waals surface area contributed by atoms with Gasteiger partial charge in [0.2, 0.25) is 0 Å². The number of likely N-dealkylation sites (N-methyl/N-ethyl adjacent to an activating group) is 1. The Kier molecular flexibility index (Phi) is 5.23. The minimum Gasteiger partial charge on any atom is -0.497 e. The Morgan fingerprint density at radius 3 is 2.68 bits per heavy atom. The Bertz CT molecular complexity index is 377. The number of nitrogens with one attached hydrogen (secondary N) is 1. The lowest BCUT2D eigenvalue weighted by Gasteiger charge is -2.33. The van der Waals surface area contributed by atoms with Gasteiger partial charge in [0.1, 0.15) is 5.75 Å². The van der Waals surface area contributed by atoms with Crippen LogP contribution in [-0.4, -0.2) is 38.2 Å². The summed E-state index contributed by atoms with van der Waals surface area (Å²) in [6, 6.07) is 9.42. The van der Waals surface area contributed by atoms with E-state index in [1.165, 1.54) is 31.4 Å². The number of methoxy groups -OCH3 is 1. The molecule has 3 heteroatoms. The van der Waals surface area contributed by atoms with E-state index in [9.17, 15) is 0 Å². The Labute approximate surface area is 116 Å². The molecule has 0 spiro atoms. The van der Waals surface area contributed by atoms with Crippen molar-refractivity contribution < 1.29 is 4.74 Å². The van der Waals surface area contributed by atoms with Crippen LogP contribution in [0.15, 0.2) is 24.3 Å². The molecule has 0 radical (unpaired) electrons. The van der Waals surface area contributed by atoms with Crippen LogP contribution in [0.1, 0.15) is 37.8 Å². The number of hydrogen-bond donors (Lipinski definition) is 1. The minimum atomic E-state index is 0.390. The van der Waals surface area contributed by atoms with Crippen molar-refractivity contribution in [3.05, 3.63) is 29.8 Å². The first kappa shape index (κ1) is 14.4. The molecule has 1 unspecified atom stereocenters. The average molecular weight is 262 g/mol. The summed E-state index contributed by atoms with van der Waals surface area (Å²) in [6.45, 7) is 4.54. The van der Waals surface area contributed by atoms with Crippen LogP contribution in [0.4, 0.5) is 0 Å². The van der Waals surface area contributed by atoms with Gasteiger partial charge < -0.3 is 15.0 Å². The highest BCUT2D eigenvalue weighted by Crippen LogP contribution is 2.19. The molecule has 1 fully saturated rings. The second-order valence-corrected chi connectivity index (χ2v) is 5.53. The van der Waals surface area contributed by atoms with E-state index in [1.807, 2.05) is 12.1 Å². The molecule has 0 saturated carbocycles. The molecule has 1 aromatic carbocycles. The number of hydrogen-bond acceptors (Lipinski definition) is 3.